The number of carbonyl (C=O) groups is 1. The molecule has 4 aliphatic carbocycles. The Morgan fingerprint density at radius 1 is 1.11 bits per heavy atom. The van der Waals surface area contributed by atoms with E-state index in [4.69, 9.17) is 0 Å². The molecule has 0 heterocycles. The molecule has 0 aromatic carbocycles. The summed E-state index contributed by atoms with van der Waals surface area (Å²) in [5, 5.41) is 2.21. The first kappa shape index (κ1) is 13.3. The summed E-state index contributed by atoms with van der Waals surface area (Å²) in [6.07, 6.45) is 1.98. The van der Waals surface area contributed by atoms with Gasteiger partial charge in [0.25, 0.3) is 0 Å². The van der Waals surface area contributed by atoms with Gasteiger partial charge in [0, 0.05) is 6.04 Å². The fourth-order valence-corrected chi connectivity index (χ4v) is 5.14. The van der Waals surface area contributed by atoms with E-state index in [1.807, 2.05) is 0 Å². The molecule has 1 atom stereocenters. The molecule has 4 rings (SSSR count). The highest BCUT2D eigenvalue weighted by Gasteiger charge is 2.54. The first-order valence-electron chi connectivity index (χ1n) is 7.16. The van der Waals surface area contributed by atoms with Crippen molar-refractivity contribution in [2.24, 2.45) is 23.2 Å². The Morgan fingerprint density at radius 2 is 1.53 bits per heavy atom. The minimum Gasteiger partial charge on any atom is -0.345 e. The van der Waals surface area contributed by atoms with Gasteiger partial charge in [0.2, 0.25) is 0 Å². The van der Waals surface area contributed by atoms with Crippen molar-refractivity contribution in [3.63, 3.8) is 0 Å². The quantitative estimate of drug-likeness (QED) is 0.823. The average Bonchev–Trinajstić information content (AvgIpc) is 2.25. The highest BCUT2D eigenvalue weighted by molar-refractivity contribution is 5.82. The SMILES string of the molecule is C[C@H](NC(=O)C(F)(F)F)C12CC3CC(CC(C3)C1)C2. The molecular formula is C14H20F3NO. The van der Waals surface area contributed by atoms with E-state index in [2.05, 4.69) is 5.32 Å². The number of halogens is 3. The van der Waals surface area contributed by atoms with E-state index in [0.717, 1.165) is 19.3 Å². The standard InChI is InChI=1S/C14H20F3NO/c1-8(18-12(19)14(15,16)17)13-5-9-2-10(6-13)4-11(3-9)7-13/h8-11H,2-7H2,1H3,(H,18,19)/t8-,9?,10?,11?,13?/m0/s1. The highest BCUT2D eigenvalue weighted by Crippen LogP contribution is 2.61. The molecule has 0 spiro atoms. The van der Waals surface area contributed by atoms with Crippen molar-refractivity contribution < 1.29 is 18.0 Å². The second-order valence-electron chi connectivity index (χ2n) is 6.97. The van der Waals surface area contributed by atoms with E-state index in [9.17, 15) is 18.0 Å². The molecular weight excluding hydrogens is 255 g/mol. The molecule has 0 saturated heterocycles. The fourth-order valence-electron chi connectivity index (χ4n) is 5.14. The largest absolute Gasteiger partial charge is 0.471 e. The topological polar surface area (TPSA) is 29.1 Å². The molecule has 19 heavy (non-hydrogen) atoms. The van der Waals surface area contributed by atoms with Gasteiger partial charge in [0.05, 0.1) is 0 Å². The summed E-state index contributed by atoms with van der Waals surface area (Å²) in [5.74, 6) is 0.250. The van der Waals surface area contributed by atoms with Gasteiger partial charge < -0.3 is 5.32 Å². The lowest BCUT2D eigenvalue weighted by Gasteiger charge is -2.59. The Kier molecular flexibility index (Phi) is 2.88. The summed E-state index contributed by atoms with van der Waals surface area (Å²) in [6, 6.07) is -0.366. The summed E-state index contributed by atoms with van der Waals surface area (Å²) < 4.78 is 37.1. The third-order valence-corrected chi connectivity index (χ3v) is 5.61. The van der Waals surface area contributed by atoms with Gasteiger partial charge in [-0.05, 0) is 68.6 Å². The van der Waals surface area contributed by atoms with Gasteiger partial charge in [-0.3, -0.25) is 4.79 Å². The molecule has 5 heteroatoms. The summed E-state index contributed by atoms with van der Waals surface area (Å²) in [4.78, 5) is 11.1. The van der Waals surface area contributed by atoms with Gasteiger partial charge in [0.15, 0.2) is 0 Å². The lowest BCUT2D eigenvalue weighted by Crippen LogP contribution is -2.57. The van der Waals surface area contributed by atoms with Crippen LogP contribution < -0.4 is 5.32 Å². The highest BCUT2D eigenvalue weighted by atomic mass is 19.4. The molecule has 0 radical (unpaired) electrons. The molecule has 4 aliphatic rings. The van der Waals surface area contributed by atoms with Gasteiger partial charge in [-0.15, -0.1) is 0 Å². The van der Waals surface area contributed by atoms with E-state index in [1.165, 1.54) is 19.3 Å². The van der Waals surface area contributed by atoms with E-state index in [-0.39, 0.29) is 11.5 Å². The molecule has 0 aliphatic heterocycles. The first-order valence-corrected chi connectivity index (χ1v) is 7.16. The predicted octanol–water partition coefficient (Wildman–Crippen LogP) is 3.27. The van der Waals surface area contributed by atoms with Gasteiger partial charge in [-0.1, -0.05) is 0 Å². The van der Waals surface area contributed by atoms with Crippen LogP contribution in [0.3, 0.4) is 0 Å². The van der Waals surface area contributed by atoms with E-state index in [1.54, 1.807) is 6.92 Å². The van der Waals surface area contributed by atoms with Crippen LogP contribution in [0.25, 0.3) is 0 Å². The van der Waals surface area contributed by atoms with Crippen LogP contribution in [0.2, 0.25) is 0 Å². The number of rotatable bonds is 2. The predicted molar refractivity (Wildman–Crippen MR) is 64.3 cm³/mol. The Hall–Kier alpha value is -0.740. The van der Waals surface area contributed by atoms with Crippen LogP contribution >= 0.6 is 0 Å². The lowest BCUT2D eigenvalue weighted by molar-refractivity contribution is -0.176. The van der Waals surface area contributed by atoms with Gasteiger partial charge >= 0.3 is 12.1 Å². The number of nitrogens with one attached hydrogen (secondary N) is 1. The van der Waals surface area contributed by atoms with Crippen molar-refractivity contribution in [3.8, 4) is 0 Å². The Labute approximate surface area is 111 Å². The Bertz CT molecular complexity index is 355. The molecule has 2 nitrogen and oxygen atoms in total. The van der Waals surface area contributed by atoms with Crippen molar-refractivity contribution in [1.29, 1.82) is 0 Å². The van der Waals surface area contributed by atoms with Gasteiger partial charge in [0.1, 0.15) is 0 Å². The van der Waals surface area contributed by atoms with E-state index >= 15 is 0 Å². The molecule has 0 aromatic heterocycles. The normalized spacial score (nSPS) is 42.2. The second-order valence-corrected chi connectivity index (χ2v) is 6.97. The molecule has 1 N–H and O–H groups in total. The second kappa shape index (κ2) is 4.13. The van der Waals surface area contributed by atoms with Crippen LogP contribution in [0, 0.1) is 23.2 Å². The molecule has 0 aromatic rings. The number of alkyl halides is 3. The van der Waals surface area contributed by atoms with Crippen LogP contribution in [0.5, 0.6) is 0 Å². The molecule has 108 valence electrons. The number of hydrogen-bond acceptors (Lipinski definition) is 1. The van der Waals surface area contributed by atoms with Crippen molar-refractivity contribution in [3.05, 3.63) is 0 Å². The van der Waals surface area contributed by atoms with Crippen LogP contribution in [0.15, 0.2) is 0 Å². The maximum absolute atomic E-state index is 12.4. The molecule has 4 saturated carbocycles. The van der Waals surface area contributed by atoms with Crippen molar-refractivity contribution >= 4 is 5.91 Å². The molecule has 1 amide bonds. The van der Waals surface area contributed by atoms with Crippen molar-refractivity contribution in [2.75, 3.05) is 0 Å². The zero-order chi connectivity index (χ0) is 13.8. The van der Waals surface area contributed by atoms with Crippen LogP contribution in [0.1, 0.15) is 45.4 Å². The van der Waals surface area contributed by atoms with Crippen LogP contribution in [-0.4, -0.2) is 18.1 Å². The zero-order valence-corrected chi connectivity index (χ0v) is 11.1. The summed E-state index contributed by atoms with van der Waals surface area (Å²) in [7, 11) is 0. The van der Waals surface area contributed by atoms with E-state index < -0.39 is 12.1 Å². The van der Waals surface area contributed by atoms with Crippen molar-refractivity contribution in [2.45, 2.75) is 57.7 Å². The summed E-state index contributed by atoms with van der Waals surface area (Å²) >= 11 is 0. The van der Waals surface area contributed by atoms with Gasteiger partial charge in [-0.2, -0.15) is 13.2 Å². The monoisotopic (exact) mass is 275 g/mol. The number of amides is 1. The summed E-state index contributed by atoms with van der Waals surface area (Å²) in [6.45, 7) is 1.76. The molecule has 0 unspecified atom stereocenters. The first-order chi connectivity index (χ1) is 8.78. The Morgan fingerprint density at radius 3 is 1.89 bits per heavy atom. The fraction of sp³-hybridized carbons (Fsp3) is 0.929. The molecule has 4 fully saturated rings. The third kappa shape index (κ3) is 2.25. The average molecular weight is 275 g/mol. The summed E-state index contributed by atoms with van der Waals surface area (Å²) in [5.41, 5.74) is -0.0738. The van der Waals surface area contributed by atoms with Crippen LogP contribution in [-0.2, 0) is 4.79 Å². The smallest absolute Gasteiger partial charge is 0.345 e. The van der Waals surface area contributed by atoms with Crippen molar-refractivity contribution in [1.82, 2.24) is 5.32 Å². The van der Waals surface area contributed by atoms with E-state index in [0.29, 0.717) is 17.8 Å². The third-order valence-electron chi connectivity index (χ3n) is 5.61. The van der Waals surface area contributed by atoms with Crippen LogP contribution in [0.4, 0.5) is 13.2 Å². The Balaban J connectivity index is 1.73. The number of hydrogen-bond donors (Lipinski definition) is 1. The lowest BCUT2D eigenvalue weighted by atomic mass is 9.48. The minimum absolute atomic E-state index is 0.0738. The maximum atomic E-state index is 12.4. The zero-order valence-electron chi connectivity index (χ0n) is 11.1. The molecule has 4 bridgehead atoms. The maximum Gasteiger partial charge on any atom is 0.471 e. The number of carbonyl (C=O) groups excluding carboxylic acids is 1. The van der Waals surface area contributed by atoms with Gasteiger partial charge in [-0.25, -0.2) is 0 Å². The minimum atomic E-state index is -4.77.